The van der Waals surface area contributed by atoms with Gasteiger partial charge in [-0.2, -0.15) is 9.37 Å². The van der Waals surface area contributed by atoms with Gasteiger partial charge in [0, 0.05) is 13.3 Å². The highest BCUT2D eigenvalue weighted by Crippen LogP contribution is 2.41. The van der Waals surface area contributed by atoms with Crippen molar-refractivity contribution in [1.82, 2.24) is 19.6 Å². The molecule has 1 aliphatic rings. The summed E-state index contributed by atoms with van der Waals surface area (Å²) in [5.41, 5.74) is 3.88. The van der Waals surface area contributed by atoms with Crippen LogP contribution in [-0.2, 0) is 4.74 Å². The molecule has 2 aromatic rings. The lowest BCUT2D eigenvalue weighted by molar-refractivity contribution is -0.0628. The molecule has 3 rings (SSSR count). The van der Waals surface area contributed by atoms with Crippen molar-refractivity contribution < 1.29 is 23.7 Å². The first-order valence-corrected chi connectivity index (χ1v) is 6.64. The summed E-state index contributed by atoms with van der Waals surface area (Å²) in [7, 11) is 1.39. The van der Waals surface area contributed by atoms with Crippen LogP contribution >= 0.6 is 0 Å². The van der Waals surface area contributed by atoms with E-state index in [1.165, 1.54) is 13.2 Å². The van der Waals surface area contributed by atoms with Crippen LogP contribution in [0.15, 0.2) is 11.2 Å². The van der Waals surface area contributed by atoms with Crippen LogP contribution in [0.25, 0.3) is 5.65 Å². The number of fused-ring (bicyclic) bond motifs is 1. The van der Waals surface area contributed by atoms with Crippen LogP contribution in [0.4, 0.5) is 14.6 Å². The van der Waals surface area contributed by atoms with Gasteiger partial charge in [-0.3, -0.25) is 4.99 Å². The van der Waals surface area contributed by atoms with E-state index in [1.807, 2.05) is 0 Å². The average molecular weight is 328 g/mol. The Morgan fingerprint density at radius 3 is 3.00 bits per heavy atom. The molecule has 23 heavy (non-hydrogen) atoms. The molecule has 0 aliphatic carbocycles. The van der Waals surface area contributed by atoms with Gasteiger partial charge in [-0.15, -0.1) is 5.10 Å². The van der Waals surface area contributed by atoms with Crippen molar-refractivity contribution in [2.75, 3.05) is 19.4 Å². The average Bonchev–Trinajstić information content (AvgIpc) is 3.03. The molecule has 0 unspecified atom stereocenters. The number of aliphatic hydroxyl groups is 2. The van der Waals surface area contributed by atoms with Crippen LogP contribution < -0.4 is 5.73 Å². The van der Waals surface area contributed by atoms with E-state index in [0.717, 1.165) is 10.7 Å². The van der Waals surface area contributed by atoms with Crippen molar-refractivity contribution in [2.24, 2.45) is 4.99 Å². The molecular formula is C12H14F2N6O3. The normalized spacial score (nSPS) is 31.4. The number of alkyl halides is 1. The van der Waals surface area contributed by atoms with Crippen LogP contribution in [0, 0.1) is 6.08 Å². The fourth-order valence-corrected chi connectivity index (χ4v) is 2.61. The molecule has 3 heterocycles. The van der Waals surface area contributed by atoms with Crippen molar-refractivity contribution >= 4 is 17.7 Å². The smallest absolute Gasteiger partial charge is 0.328 e. The van der Waals surface area contributed by atoms with Gasteiger partial charge < -0.3 is 20.7 Å². The van der Waals surface area contributed by atoms with Gasteiger partial charge in [0.05, 0.1) is 18.5 Å². The van der Waals surface area contributed by atoms with Gasteiger partial charge in [-0.05, 0) is 0 Å². The standard InChI is InChI=1S/C12H14F2N6O3/c1-16-3-12(4-21)8(22)6(13)7(23-12)5-2-17-10-9(15)18-11(14)19-20(5)10/h2-3,6-8,21-22H,4H2,1H3,(H2,15,18,19)/b16-3-/t6-,7-,8-,12+/m0/s1. The molecule has 1 aliphatic heterocycles. The number of nitrogens with two attached hydrogens (primary N) is 1. The third-order valence-corrected chi connectivity index (χ3v) is 3.71. The maximum atomic E-state index is 14.5. The van der Waals surface area contributed by atoms with E-state index >= 15 is 0 Å². The molecule has 11 heteroatoms. The van der Waals surface area contributed by atoms with Crippen molar-refractivity contribution in [3.8, 4) is 0 Å². The minimum Gasteiger partial charge on any atom is -0.393 e. The molecule has 0 aromatic carbocycles. The van der Waals surface area contributed by atoms with Gasteiger partial charge in [-0.25, -0.2) is 13.9 Å². The van der Waals surface area contributed by atoms with E-state index in [1.54, 1.807) is 0 Å². The molecule has 9 nitrogen and oxygen atoms in total. The summed E-state index contributed by atoms with van der Waals surface area (Å²) in [6.07, 6.45) is -3.74. The van der Waals surface area contributed by atoms with E-state index in [0.29, 0.717) is 0 Å². The zero-order valence-electron chi connectivity index (χ0n) is 12.0. The van der Waals surface area contributed by atoms with E-state index in [9.17, 15) is 19.0 Å². The lowest BCUT2D eigenvalue weighted by Gasteiger charge is -2.24. The molecule has 0 spiro atoms. The van der Waals surface area contributed by atoms with Crippen molar-refractivity contribution in [3.63, 3.8) is 0 Å². The van der Waals surface area contributed by atoms with Gasteiger partial charge in [-0.1, -0.05) is 0 Å². The minimum absolute atomic E-state index is 0.0253. The van der Waals surface area contributed by atoms with Gasteiger partial charge in [0.15, 0.2) is 23.2 Å². The number of aromatic nitrogens is 4. The van der Waals surface area contributed by atoms with Crippen LogP contribution in [0.1, 0.15) is 11.8 Å². The van der Waals surface area contributed by atoms with Gasteiger partial charge >= 0.3 is 6.08 Å². The first kappa shape index (κ1) is 15.6. The number of hydrogen-bond acceptors (Lipinski definition) is 8. The molecule has 0 bridgehead atoms. The number of rotatable bonds is 3. The maximum absolute atomic E-state index is 14.5. The molecule has 1 fully saturated rings. The molecule has 0 radical (unpaired) electrons. The number of hydrogen-bond donors (Lipinski definition) is 3. The number of aliphatic hydroxyl groups excluding tert-OH is 2. The lowest BCUT2D eigenvalue weighted by Crippen LogP contribution is -2.47. The Hall–Kier alpha value is -2.24. The monoisotopic (exact) mass is 328 g/mol. The van der Waals surface area contributed by atoms with E-state index in [-0.39, 0.29) is 17.2 Å². The third-order valence-electron chi connectivity index (χ3n) is 3.71. The van der Waals surface area contributed by atoms with Crippen molar-refractivity contribution in [2.45, 2.75) is 24.0 Å². The summed E-state index contributed by atoms with van der Waals surface area (Å²) in [6, 6.07) is 0. The number of anilines is 1. The Morgan fingerprint density at radius 2 is 2.35 bits per heavy atom. The number of nitrogens with zero attached hydrogens (tertiary/aromatic N) is 5. The SMILES string of the molecule is C/N=C\[C@]1(CO)O[C@@H](c2cnc3c(N)nc(F)nn23)[C@H](F)[C@@H]1O. The molecule has 0 saturated carbocycles. The highest BCUT2D eigenvalue weighted by atomic mass is 19.1. The van der Waals surface area contributed by atoms with Crippen LogP contribution in [-0.4, -0.2) is 67.5 Å². The first-order valence-electron chi connectivity index (χ1n) is 6.64. The molecule has 1 saturated heterocycles. The number of aliphatic imine (C=N–C) groups is 1. The van der Waals surface area contributed by atoms with Gasteiger partial charge in [0.25, 0.3) is 0 Å². The second-order valence-corrected chi connectivity index (χ2v) is 5.11. The molecule has 124 valence electrons. The fraction of sp³-hybridized carbons (Fsp3) is 0.500. The summed E-state index contributed by atoms with van der Waals surface area (Å²) in [4.78, 5) is 10.9. The third kappa shape index (κ3) is 2.24. The Morgan fingerprint density at radius 1 is 1.61 bits per heavy atom. The first-order chi connectivity index (χ1) is 10.9. The topological polar surface area (TPSA) is 131 Å². The molecule has 0 amide bonds. The maximum Gasteiger partial charge on any atom is 0.328 e. The Labute approximate surface area is 128 Å². The van der Waals surface area contributed by atoms with E-state index < -0.39 is 36.7 Å². The molecule has 4 N–H and O–H groups in total. The summed E-state index contributed by atoms with van der Waals surface area (Å²) < 4.78 is 34.3. The Bertz CT molecular complexity index is 769. The molecule has 2 aromatic heterocycles. The molecule has 4 atom stereocenters. The summed E-state index contributed by atoms with van der Waals surface area (Å²) in [5, 5.41) is 23.1. The van der Waals surface area contributed by atoms with Crippen LogP contribution in [0.2, 0.25) is 0 Å². The number of nitrogen functional groups attached to an aromatic ring is 1. The van der Waals surface area contributed by atoms with Crippen molar-refractivity contribution in [3.05, 3.63) is 18.0 Å². The quantitative estimate of drug-likeness (QED) is 0.619. The summed E-state index contributed by atoms with van der Waals surface area (Å²) >= 11 is 0. The van der Waals surface area contributed by atoms with E-state index in [2.05, 4.69) is 20.1 Å². The lowest BCUT2D eigenvalue weighted by atomic mass is 9.97. The van der Waals surface area contributed by atoms with E-state index in [4.69, 9.17) is 10.5 Å². The minimum atomic E-state index is -1.92. The predicted molar refractivity (Wildman–Crippen MR) is 74.1 cm³/mol. The fourth-order valence-electron chi connectivity index (χ4n) is 2.61. The summed E-state index contributed by atoms with van der Waals surface area (Å²) in [5.74, 6) is -0.221. The van der Waals surface area contributed by atoms with Crippen LogP contribution in [0.5, 0.6) is 0 Å². The van der Waals surface area contributed by atoms with Gasteiger partial charge in [0.1, 0.15) is 12.2 Å². The zero-order valence-corrected chi connectivity index (χ0v) is 12.0. The van der Waals surface area contributed by atoms with Crippen LogP contribution in [0.3, 0.4) is 0 Å². The van der Waals surface area contributed by atoms with Gasteiger partial charge in [0.2, 0.25) is 0 Å². The number of ether oxygens (including phenoxy) is 1. The highest BCUT2D eigenvalue weighted by molar-refractivity contribution is 5.71. The second-order valence-electron chi connectivity index (χ2n) is 5.11. The predicted octanol–water partition coefficient (Wildman–Crippen LogP) is -0.952. The largest absolute Gasteiger partial charge is 0.393 e. The number of imidazole rings is 1. The molecular weight excluding hydrogens is 314 g/mol. The Kier molecular flexibility index (Phi) is 3.70. The Balaban J connectivity index is 2.09. The van der Waals surface area contributed by atoms with Crippen molar-refractivity contribution in [1.29, 1.82) is 0 Å². The second kappa shape index (κ2) is 5.44. The zero-order chi connectivity index (χ0) is 16.8. The highest BCUT2D eigenvalue weighted by Gasteiger charge is 2.55. The number of halogens is 2. The summed E-state index contributed by atoms with van der Waals surface area (Å²) in [6.45, 7) is -0.690.